The van der Waals surface area contributed by atoms with Crippen LogP contribution < -0.4 is 5.32 Å². The predicted octanol–water partition coefficient (Wildman–Crippen LogP) is 1.71. The molecule has 0 heterocycles. The summed E-state index contributed by atoms with van der Waals surface area (Å²) < 4.78 is 0. The Bertz CT molecular complexity index is 162. The number of aliphatic hydroxyl groups is 1. The largest absolute Gasteiger partial charge is 0.390 e. The molecule has 2 unspecified atom stereocenters. The first-order chi connectivity index (χ1) is 7.51. The minimum atomic E-state index is -0.257. The van der Waals surface area contributed by atoms with Crippen molar-refractivity contribution in [2.45, 2.75) is 53.2 Å². The van der Waals surface area contributed by atoms with Crippen molar-refractivity contribution in [3.63, 3.8) is 0 Å². The molecule has 0 aliphatic carbocycles. The lowest BCUT2D eigenvalue weighted by molar-refractivity contribution is 0.0922. The van der Waals surface area contributed by atoms with Crippen LogP contribution in [0.25, 0.3) is 0 Å². The molecule has 0 fully saturated rings. The van der Waals surface area contributed by atoms with Crippen LogP contribution >= 0.6 is 0 Å². The summed E-state index contributed by atoms with van der Waals surface area (Å²) in [5, 5.41) is 13.2. The Morgan fingerprint density at radius 1 is 1.12 bits per heavy atom. The molecular formula is C13H30N2O. The highest BCUT2D eigenvalue weighted by Gasteiger charge is 2.14. The average Bonchev–Trinajstić information content (AvgIpc) is 2.24. The van der Waals surface area contributed by atoms with Crippen molar-refractivity contribution < 1.29 is 5.11 Å². The van der Waals surface area contributed by atoms with Gasteiger partial charge in [0.25, 0.3) is 0 Å². The van der Waals surface area contributed by atoms with Crippen molar-refractivity contribution in [2.24, 2.45) is 5.92 Å². The van der Waals surface area contributed by atoms with Gasteiger partial charge in [-0.1, -0.05) is 27.7 Å². The highest BCUT2D eigenvalue weighted by atomic mass is 16.3. The van der Waals surface area contributed by atoms with Crippen molar-refractivity contribution in [1.29, 1.82) is 0 Å². The van der Waals surface area contributed by atoms with Crippen LogP contribution in [0, 0.1) is 5.92 Å². The van der Waals surface area contributed by atoms with E-state index in [2.05, 4.69) is 44.8 Å². The molecule has 2 N–H and O–H groups in total. The Balaban J connectivity index is 3.78. The van der Waals surface area contributed by atoms with E-state index < -0.39 is 0 Å². The normalized spacial score (nSPS) is 15.8. The molecule has 0 aliphatic rings. The van der Waals surface area contributed by atoms with Crippen LogP contribution in [0.2, 0.25) is 0 Å². The van der Waals surface area contributed by atoms with Gasteiger partial charge in [0, 0.05) is 19.1 Å². The van der Waals surface area contributed by atoms with Crippen molar-refractivity contribution in [3.05, 3.63) is 0 Å². The number of nitrogens with zero attached hydrogens (tertiary/aromatic N) is 1. The highest BCUT2D eigenvalue weighted by molar-refractivity contribution is 4.70. The predicted molar refractivity (Wildman–Crippen MR) is 70.7 cm³/mol. The number of aliphatic hydroxyl groups excluding tert-OH is 1. The Labute approximate surface area is 101 Å². The average molecular weight is 230 g/mol. The van der Waals surface area contributed by atoms with Crippen LogP contribution in [0.1, 0.15) is 41.0 Å². The van der Waals surface area contributed by atoms with Crippen LogP contribution in [0.15, 0.2) is 0 Å². The lowest BCUT2D eigenvalue weighted by Crippen LogP contribution is -2.42. The summed E-state index contributed by atoms with van der Waals surface area (Å²) in [6, 6.07) is 0.560. The van der Waals surface area contributed by atoms with Gasteiger partial charge in [0.15, 0.2) is 0 Å². The summed E-state index contributed by atoms with van der Waals surface area (Å²) in [5.74, 6) is 0.643. The maximum Gasteiger partial charge on any atom is 0.0791 e. The van der Waals surface area contributed by atoms with Gasteiger partial charge in [-0.3, -0.25) is 4.90 Å². The Morgan fingerprint density at radius 2 is 1.75 bits per heavy atom. The number of likely N-dealkylation sites (N-methyl/N-ethyl adjacent to an activating group) is 1. The maximum atomic E-state index is 9.90. The van der Waals surface area contributed by atoms with Gasteiger partial charge in [0.05, 0.1) is 6.10 Å². The summed E-state index contributed by atoms with van der Waals surface area (Å²) in [6.45, 7) is 14.4. The molecule has 0 aromatic carbocycles. The second-order valence-corrected chi connectivity index (χ2v) is 5.05. The molecule has 3 heteroatoms. The Hall–Kier alpha value is -0.120. The second-order valence-electron chi connectivity index (χ2n) is 5.05. The summed E-state index contributed by atoms with van der Waals surface area (Å²) >= 11 is 0. The first-order valence-corrected chi connectivity index (χ1v) is 6.64. The topological polar surface area (TPSA) is 35.5 Å². The zero-order chi connectivity index (χ0) is 12.6. The van der Waals surface area contributed by atoms with Gasteiger partial charge in [-0.2, -0.15) is 0 Å². The number of hydrogen-bond acceptors (Lipinski definition) is 3. The molecule has 0 saturated carbocycles. The molecule has 2 atom stereocenters. The standard InChI is InChI=1S/C13H30N2O/c1-6-12(5)15(7-2)10-13(16)9-14-8-11(3)4/h11-14,16H,6-10H2,1-5H3. The smallest absolute Gasteiger partial charge is 0.0791 e. The molecule has 0 amide bonds. The van der Waals surface area contributed by atoms with Gasteiger partial charge in [0.1, 0.15) is 0 Å². The van der Waals surface area contributed by atoms with Crippen molar-refractivity contribution in [3.8, 4) is 0 Å². The minimum Gasteiger partial charge on any atom is -0.390 e. The number of rotatable bonds is 9. The third-order valence-corrected chi connectivity index (χ3v) is 3.00. The van der Waals surface area contributed by atoms with Crippen LogP contribution in [0.3, 0.4) is 0 Å². The van der Waals surface area contributed by atoms with Crippen LogP contribution in [-0.2, 0) is 0 Å². The monoisotopic (exact) mass is 230 g/mol. The van der Waals surface area contributed by atoms with Crippen molar-refractivity contribution in [1.82, 2.24) is 10.2 Å². The van der Waals surface area contributed by atoms with Crippen molar-refractivity contribution in [2.75, 3.05) is 26.2 Å². The lowest BCUT2D eigenvalue weighted by Gasteiger charge is -2.29. The van der Waals surface area contributed by atoms with E-state index in [-0.39, 0.29) is 6.10 Å². The summed E-state index contributed by atoms with van der Waals surface area (Å²) in [7, 11) is 0. The van der Waals surface area contributed by atoms with Gasteiger partial charge in [-0.15, -0.1) is 0 Å². The zero-order valence-corrected chi connectivity index (χ0v) is 11.7. The van der Waals surface area contributed by atoms with E-state index in [0.717, 1.165) is 26.1 Å². The molecular weight excluding hydrogens is 200 g/mol. The third kappa shape index (κ3) is 7.20. The quantitative estimate of drug-likeness (QED) is 0.633. The molecule has 0 aromatic rings. The lowest BCUT2D eigenvalue weighted by atomic mass is 10.2. The number of nitrogens with one attached hydrogen (secondary N) is 1. The van der Waals surface area contributed by atoms with Crippen LogP contribution in [-0.4, -0.2) is 48.3 Å². The Morgan fingerprint density at radius 3 is 2.19 bits per heavy atom. The van der Waals surface area contributed by atoms with Gasteiger partial charge < -0.3 is 10.4 Å². The Kier molecular flexibility index (Phi) is 8.90. The van der Waals surface area contributed by atoms with E-state index in [0.29, 0.717) is 18.5 Å². The highest BCUT2D eigenvalue weighted by Crippen LogP contribution is 2.03. The van der Waals surface area contributed by atoms with Gasteiger partial charge >= 0.3 is 0 Å². The van der Waals surface area contributed by atoms with E-state index in [1.165, 1.54) is 0 Å². The molecule has 0 rings (SSSR count). The fraction of sp³-hybridized carbons (Fsp3) is 1.00. The first kappa shape index (κ1) is 15.9. The number of hydrogen-bond donors (Lipinski definition) is 2. The van der Waals surface area contributed by atoms with Crippen LogP contribution in [0.5, 0.6) is 0 Å². The molecule has 3 nitrogen and oxygen atoms in total. The second kappa shape index (κ2) is 8.97. The van der Waals surface area contributed by atoms with E-state index in [4.69, 9.17) is 0 Å². The van der Waals surface area contributed by atoms with Gasteiger partial charge in [-0.25, -0.2) is 0 Å². The summed E-state index contributed by atoms with van der Waals surface area (Å²) in [5.41, 5.74) is 0. The maximum absolute atomic E-state index is 9.90. The van der Waals surface area contributed by atoms with E-state index >= 15 is 0 Å². The summed E-state index contributed by atoms with van der Waals surface area (Å²) in [4.78, 5) is 2.34. The minimum absolute atomic E-state index is 0.257. The van der Waals surface area contributed by atoms with E-state index in [9.17, 15) is 5.11 Å². The molecule has 0 spiro atoms. The zero-order valence-electron chi connectivity index (χ0n) is 11.7. The van der Waals surface area contributed by atoms with E-state index in [1.54, 1.807) is 0 Å². The first-order valence-electron chi connectivity index (χ1n) is 6.64. The summed E-state index contributed by atoms with van der Waals surface area (Å²) in [6.07, 6.45) is 0.882. The molecule has 0 saturated heterocycles. The van der Waals surface area contributed by atoms with E-state index in [1.807, 2.05) is 0 Å². The van der Waals surface area contributed by atoms with Gasteiger partial charge in [-0.05, 0) is 32.4 Å². The fourth-order valence-corrected chi connectivity index (χ4v) is 1.75. The molecule has 0 bridgehead atoms. The van der Waals surface area contributed by atoms with Gasteiger partial charge in [0.2, 0.25) is 0 Å². The van der Waals surface area contributed by atoms with Crippen LogP contribution in [0.4, 0.5) is 0 Å². The van der Waals surface area contributed by atoms with Crippen molar-refractivity contribution >= 4 is 0 Å². The SMILES string of the molecule is CCC(C)N(CC)CC(O)CNCC(C)C. The molecule has 0 radical (unpaired) electrons. The third-order valence-electron chi connectivity index (χ3n) is 3.00. The molecule has 16 heavy (non-hydrogen) atoms. The molecule has 0 aromatic heterocycles. The molecule has 0 aliphatic heterocycles. The fourth-order valence-electron chi connectivity index (χ4n) is 1.75. The molecule has 98 valence electrons.